The van der Waals surface area contributed by atoms with Crippen LogP contribution >= 0.6 is 11.6 Å². The lowest BCUT2D eigenvalue weighted by molar-refractivity contribution is -0.117. The summed E-state index contributed by atoms with van der Waals surface area (Å²) < 4.78 is 12.2. The number of hydrogen-bond donors (Lipinski definition) is 1. The quantitative estimate of drug-likeness (QED) is 0.808. The topological polar surface area (TPSA) is 89.2 Å². The predicted octanol–water partition coefficient (Wildman–Crippen LogP) is 2.63. The van der Waals surface area contributed by atoms with Crippen LogP contribution < -0.4 is 10.6 Å². The minimum absolute atomic E-state index is 0.105. The van der Waals surface area contributed by atoms with Gasteiger partial charge in [0.05, 0.1) is 23.8 Å². The van der Waals surface area contributed by atoms with Crippen molar-refractivity contribution < 1.29 is 9.00 Å². The zero-order valence-corrected chi connectivity index (χ0v) is 15.7. The lowest BCUT2D eigenvalue weighted by Gasteiger charge is -2.17. The summed E-state index contributed by atoms with van der Waals surface area (Å²) in [6, 6.07) is 5.67. The van der Waals surface area contributed by atoms with Crippen molar-refractivity contribution in [2.45, 2.75) is 38.4 Å². The zero-order valence-electron chi connectivity index (χ0n) is 14.1. The van der Waals surface area contributed by atoms with E-state index < -0.39 is 10.8 Å². The van der Waals surface area contributed by atoms with E-state index in [1.54, 1.807) is 4.90 Å². The summed E-state index contributed by atoms with van der Waals surface area (Å²) in [6.07, 6.45) is 0.902. The van der Waals surface area contributed by atoms with Gasteiger partial charge in [0.15, 0.2) is 0 Å². The molecule has 1 aromatic heterocycles. The van der Waals surface area contributed by atoms with Crippen molar-refractivity contribution in [2.75, 3.05) is 16.4 Å². The molecule has 132 valence electrons. The van der Waals surface area contributed by atoms with Crippen molar-refractivity contribution in [1.82, 2.24) is 9.97 Å². The number of nitrogen functional groups attached to an aromatic ring is 1. The van der Waals surface area contributed by atoms with Crippen LogP contribution in [0.2, 0.25) is 5.02 Å². The maximum absolute atomic E-state index is 12.4. The average molecular weight is 379 g/mol. The van der Waals surface area contributed by atoms with Gasteiger partial charge in [0, 0.05) is 16.3 Å². The Balaban J connectivity index is 1.96. The first-order valence-corrected chi connectivity index (χ1v) is 9.70. The smallest absolute Gasteiger partial charge is 0.233 e. The Morgan fingerprint density at radius 2 is 2.12 bits per heavy atom. The number of benzene rings is 1. The second-order valence-electron chi connectivity index (χ2n) is 5.98. The third-order valence-electron chi connectivity index (χ3n) is 4.05. The normalized spacial score (nSPS) is 14.7. The Hall–Kier alpha value is -1.99. The summed E-state index contributed by atoms with van der Waals surface area (Å²) in [7, 11) is -1.33. The van der Waals surface area contributed by atoms with Crippen LogP contribution in [0, 0.1) is 6.92 Å². The molecule has 1 aromatic carbocycles. The molecule has 1 aliphatic heterocycles. The van der Waals surface area contributed by atoms with Crippen molar-refractivity contribution in [2.24, 2.45) is 0 Å². The molecule has 25 heavy (non-hydrogen) atoms. The lowest BCUT2D eigenvalue weighted by Crippen LogP contribution is -2.27. The number of anilines is 2. The van der Waals surface area contributed by atoms with Crippen LogP contribution in [-0.4, -0.2) is 25.8 Å². The van der Waals surface area contributed by atoms with Crippen LogP contribution in [0.3, 0.4) is 0 Å². The molecule has 1 aliphatic rings. The Labute approximate surface area is 153 Å². The van der Waals surface area contributed by atoms with Crippen molar-refractivity contribution >= 4 is 39.9 Å². The van der Waals surface area contributed by atoms with Crippen LogP contribution in [0.4, 0.5) is 11.6 Å². The summed E-state index contributed by atoms with van der Waals surface area (Å²) in [6.45, 7) is 4.19. The molecule has 2 heterocycles. The summed E-state index contributed by atoms with van der Waals surface area (Å²) in [5, 5.41) is 0.830. The van der Waals surface area contributed by atoms with E-state index >= 15 is 0 Å². The number of fused-ring (bicyclic) bond motifs is 1. The van der Waals surface area contributed by atoms with Crippen LogP contribution in [0.25, 0.3) is 0 Å². The Kier molecular flexibility index (Phi) is 5.06. The van der Waals surface area contributed by atoms with Gasteiger partial charge in [0.25, 0.3) is 0 Å². The van der Waals surface area contributed by atoms with E-state index in [4.69, 9.17) is 17.3 Å². The number of amides is 1. The molecular formula is C17H19ClN4O2S. The fraction of sp³-hybridized carbons (Fsp3) is 0.353. The van der Waals surface area contributed by atoms with Gasteiger partial charge in [-0.1, -0.05) is 30.7 Å². The van der Waals surface area contributed by atoms with Crippen LogP contribution in [0.15, 0.2) is 23.4 Å². The van der Waals surface area contributed by atoms with Crippen molar-refractivity contribution in [3.05, 3.63) is 39.9 Å². The van der Waals surface area contributed by atoms with Crippen molar-refractivity contribution in [3.8, 4) is 0 Å². The van der Waals surface area contributed by atoms with E-state index in [2.05, 4.69) is 9.97 Å². The van der Waals surface area contributed by atoms with Crippen LogP contribution in [-0.2, 0) is 28.6 Å². The molecule has 0 radical (unpaired) electrons. The second-order valence-corrected chi connectivity index (χ2v) is 7.86. The molecule has 0 saturated heterocycles. The number of aryl methyl sites for hydroxylation is 1. The molecule has 0 aliphatic carbocycles. The highest BCUT2D eigenvalue weighted by atomic mass is 35.5. The maximum atomic E-state index is 12.4. The molecule has 0 fully saturated rings. The third kappa shape index (κ3) is 3.52. The highest BCUT2D eigenvalue weighted by molar-refractivity contribution is 7.84. The first kappa shape index (κ1) is 17.8. The minimum atomic E-state index is -1.33. The Morgan fingerprint density at radius 3 is 2.80 bits per heavy atom. The molecule has 2 aromatic rings. The van der Waals surface area contributed by atoms with Gasteiger partial charge in [-0.3, -0.25) is 13.9 Å². The summed E-state index contributed by atoms with van der Waals surface area (Å²) in [4.78, 5) is 22.5. The molecule has 0 saturated carbocycles. The Morgan fingerprint density at radius 1 is 1.36 bits per heavy atom. The fourth-order valence-corrected chi connectivity index (χ4v) is 3.83. The first-order valence-electron chi connectivity index (χ1n) is 8.00. The number of carbonyl (C=O) groups excluding carboxylic acids is 1. The predicted molar refractivity (Wildman–Crippen MR) is 99.1 cm³/mol. The van der Waals surface area contributed by atoms with Gasteiger partial charge in [0.1, 0.15) is 11.6 Å². The number of rotatable bonds is 5. The highest BCUT2D eigenvalue weighted by Gasteiger charge is 2.32. The molecule has 6 nitrogen and oxygen atoms in total. The molecular weight excluding hydrogens is 360 g/mol. The third-order valence-corrected chi connectivity index (χ3v) is 5.83. The molecule has 3 rings (SSSR count). The van der Waals surface area contributed by atoms with Gasteiger partial charge < -0.3 is 5.73 Å². The van der Waals surface area contributed by atoms with E-state index in [-0.39, 0.29) is 23.3 Å². The maximum Gasteiger partial charge on any atom is 0.233 e. The summed E-state index contributed by atoms with van der Waals surface area (Å²) in [5.74, 6) is 1.03. The van der Waals surface area contributed by atoms with Gasteiger partial charge in [-0.25, -0.2) is 9.97 Å². The van der Waals surface area contributed by atoms with E-state index in [0.29, 0.717) is 28.7 Å². The Bertz CT molecular complexity index is 872. The van der Waals surface area contributed by atoms with Crippen molar-refractivity contribution in [3.63, 3.8) is 0 Å². The van der Waals surface area contributed by atoms with Crippen LogP contribution in [0.1, 0.15) is 30.0 Å². The average Bonchev–Trinajstić information content (AvgIpc) is 2.88. The number of hydrogen-bond acceptors (Lipinski definition) is 5. The van der Waals surface area contributed by atoms with E-state index in [1.807, 2.05) is 32.0 Å². The minimum Gasteiger partial charge on any atom is -0.383 e. The van der Waals surface area contributed by atoms with Crippen LogP contribution in [0.5, 0.6) is 0 Å². The molecule has 1 atom stereocenters. The molecule has 1 unspecified atom stereocenters. The van der Waals surface area contributed by atoms with E-state index in [1.165, 1.54) is 0 Å². The van der Waals surface area contributed by atoms with E-state index in [0.717, 1.165) is 17.5 Å². The monoisotopic (exact) mass is 378 g/mol. The van der Waals surface area contributed by atoms with Crippen molar-refractivity contribution in [1.29, 1.82) is 0 Å². The molecule has 2 N–H and O–H groups in total. The standard InChI is InChI=1S/C17H19ClN4O2S/c1-3-6-25(24)17-20-15(19)12-8-14(23)22(16(12)21-17)9-11-5-4-10(2)13(18)7-11/h4-5,7H,3,6,8-9H2,1-2H3,(H2,19,20,21). The lowest BCUT2D eigenvalue weighted by atomic mass is 10.1. The molecule has 8 heteroatoms. The fourth-order valence-electron chi connectivity index (χ4n) is 2.68. The van der Waals surface area contributed by atoms with Gasteiger partial charge in [-0.15, -0.1) is 0 Å². The summed E-state index contributed by atoms with van der Waals surface area (Å²) in [5.41, 5.74) is 8.45. The largest absolute Gasteiger partial charge is 0.383 e. The van der Waals surface area contributed by atoms with Gasteiger partial charge in [-0.2, -0.15) is 0 Å². The first-order chi connectivity index (χ1) is 11.9. The van der Waals surface area contributed by atoms with Gasteiger partial charge >= 0.3 is 0 Å². The summed E-state index contributed by atoms with van der Waals surface area (Å²) >= 11 is 6.17. The number of nitrogens with zero attached hydrogens (tertiary/aromatic N) is 3. The zero-order chi connectivity index (χ0) is 18.1. The van der Waals surface area contributed by atoms with E-state index in [9.17, 15) is 9.00 Å². The number of halogens is 1. The number of aromatic nitrogens is 2. The number of nitrogens with two attached hydrogens (primary N) is 1. The van der Waals surface area contributed by atoms with Gasteiger partial charge in [0.2, 0.25) is 11.1 Å². The highest BCUT2D eigenvalue weighted by Crippen LogP contribution is 2.32. The molecule has 1 amide bonds. The molecule has 0 bridgehead atoms. The second kappa shape index (κ2) is 7.09. The molecule has 0 spiro atoms. The SMILES string of the molecule is CCCS(=O)c1nc(N)c2c(n1)N(Cc1ccc(C)c(Cl)c1)C(=O)C2. The number of carbonyl (C=O) groups is 1. The van der Waals surface area contributed by atoms with Gasteiger partial charge in [-0.05, 0) is 30.5 Å².